The summed E-state index contributed by atoms with van der Waals surface area (Å²) < 4.78 is 5.50. The second kappa shape index (κ2) is 61.1. The fraction of sp³-hybridized carbons (Fsp3) is 0.938. The Morgan fingerprint density at radius 2 is 0.662 bits per heavy atom. The summed E-state index contributed by atoms with van der Waals surface area (Å²) in [5.74, 6) is -0.0172. The largest absolute Gasteiger partial charge is 0.466 e. The van der Waals surface area contributed by atoms with Crippen LogP contribution in [0.25, 0.3) is 0 Å². The lowest BCUT2D eigenvalue weighted by Gasteiger charge is -2.22. The van der Waals surface area contributed by atoms with E-state index in [-0.39, 0.29) is 18.5 Å². The highest BCUT2D eigenvalue weighted by molar-refractivity contribution is 5.76. The number of hydrogen-bond donors (Lipinski definition) is 3. The maximum absolute atomic E-state index is 12.4. The van der Waals surface area contributed by atoms with Crippen molar-refractivity contribution in [3.8, 4) is 0 Å². The lowest BCUT2D eigenvalue weighted by atomic mass is 10.0. The highest BCUT2D eigenvalue weighted by atomic mass is 16.5. The molecule has 0 heterocycles. The maximum Gasteiger partial charge on any atom is 0.305 e. The average molecular weight is 1000 g/mol. The maximum atomic E-state index is 12.4. The summed E-state index contributed by atoms with van der Waals surface area (Å²) >= 11 is 0. The molecule has 0 aromatic carbocycles. The van der Waals surface area contributed by atoms with Crippen molar-refractivity contribution >= 4 is 11.9 Å². The molecule has 0 spiro atoms. The van der Waals surface area contributed by atoms with Crippen LogP contribution in [0.15, 0.2) is 12.2 Å². The van der Waals surface area contributed by atoms with Gasteiger partial charge in [-0.05, 0) is 51.4 Å². The number of amides is 1. The van der Waals surface area contributed by atoms with E-state index in [2.05, 4.69) is 31.3 Å². The summed E-state index contributed by atoms with van der Waals surface area (Å²) in [6, 6.07) is -0.541. The zero-order chi connectivity index (χ0) is 51.4. The first kappa shape index (κ1) is 69.6. The highest BCUT2D eigenvalue weighted by Gasteiger charge is 2.20. The Hall–Kier alpha value is -1.40. The van der Waals surface area contributed by atoms with E-state index in [9.17, 15) is 19.8 Å². The first-order valence-corrected chi connectivity index (χ1v) is 32.4. The van der Waals surface area contributed by atoms with E-state index in [1.807, 2.05) is 0 Å². The van der Waals surface area contributed by atoms with Crippen LogP contribution in [0.3, 0.4) is 0 Å². The molecule has 6 heteroatoms. The molecule has 2 atom stereocenters. The van der Waals surface area contributed by atoms with E-state index in [0.29, 0.717) is 25.9 Å². The van der Waals surface area contributed by atoms with Gasteiger partial charge in [0.25, 0.3) is 0 Å². The summed E-state index contributed by atoms with van der Waals surface area (Å²) in [6.45, 7) is 4.97. The van der Waals surface area contributed by atoms with Gasteiger partial charge in [0.2, 0.25) is 5.91 Å². The molecule has 1 amide bonds. The summed E-state index contributed by atoms with van der Waals surface area (Å²) in [6.07, 6.45) is 73.9. The fourth-order valence-electron chi connectivity index (χ4n) is 10.3. The zero-order valence-corrected chi connectivity index (χ0v) is 48.2. The number of carbonyl (C=O) groups excluding carboxylic acids is 2. The molecule has 2 unspecified atom stereocenters. The molecule has 0 aliphatic carbocycles. The minimum Gasteiger partial charge on any atom is -0.466 e. The smallest absolute Gasteiger partial charge is 0.305 e. The van der Waals surface area contributed by atoms with Gasteiger partial charge >= 0.3 is 5.97 Å². The Balaban J connectivity index is 3.34. The topological polar surface area (TPSA) is 95.9 Å². The molecule has 0 radical (unpaired) electrons. The number of rotatable bonds is 61. The number of carbonyl (C=O) groups is 2. The lowest BCUT2D eigenvalue weighted by Crippen LogP contribution is -2.45. The number of aliphatic hydroxyl groups is 2. The van der Waals surface area contributed by atoms with Gasteiger partial charge in [-0.1, -0.05) is 315 Å². The molecule has 0 bridgehead atoms. The SMILES string of the molecule is CCCCCCCCCCCCCCCCCCCC(=O)OCCCCCCCCCCCCCC/C=C\CCCCCCCCCCCCC(=O)NC(CO)C(O)CCCCCCCCCCCCC. The molecule has 0 aromatic heterocycles. The van der Waals surface area contributed by atoms with Crippen LogP contribution in [0.2, 0.25) is 0 Å². The van der Waals surface area contributed by atoms with Crippen LogP contribution in [-0.4, -0.2) is 47.4 Å². The number of nitrogens with one attached hydrogen (secondary N) is 1. The molecule has 422 valence electrons. The van der Waals surface area contributed by atoms with Gasteiger partial charge in [0.1, 0.15) is 0 Å². The van der Waals surface area contributed by atoms with E-state index in [1.54, 1.807) is 0 Å². The molecule has 0 fully saturated rings. The van der Waals surface area contributed by atoms with Gasteiger partial charge in [-0.3, -0.25) is 9.59 Å². The summed E-state index contributed by atoms with van der Waals surface area (Å²) in [4.78, 5) is 24.5. The van der Waals surface area contributed by atoms with E-state index < -0.39 is 12.1 Å². The normalized spacial score (nSPS) is 12.6. The van der Waals surface area contributed by atoms with Gasteiger partial charge in [0.05, 0.1) is 25.4 Å². The first-order chi connectivity index (χ1) is 35.0. The van der Waals surface area contributed by atoms with Crippen molar-refractivity contribution in [3.63, 3.8) is 0 Å². The molecule has 0 aliphatic heterocycles. The Morgan fingerprint density at radius 3 is 1.00 bits per heavy atom. The van der Waals surface area contributed by atoms with Gasteiger partial charge < -0.3 is 20.3 Å². The Labute approximate surface area is 444 Å². The quantitative estimate of drug-likeness (QED) is 0.0320. The summed E-state index contributed by atoms with van der Waals surface area (Å²) in [5.41, 5.74) is 0. The molecule has 6 nitrogen and oxygen atoms in total. The van der Waals surface area contributed by atoms with Crippen molar-refractivity contribution in [1.29, 1.82) is 0 Å². The van der Waals surface area contributed by atoms with E-state index >= 15 is 0 Å². The monoisotopic (exact) mass is 1000 g/mol. The van der Waals surface area contributed by atoms with Crippen LogP contribution >= 0.6 is 0 Å². The predicted octanol–water partition coefficient (Wildman–Crippen LogP) is 20.4. The molecular formula is C65H127NO5. The third-order valence-corrected chi connectivity index (χ3v) is 15.3. The Bertz CT molecular complexity index is 1060. The third kappa shape index (κ3) is 57.7. The van der Waals surface area contributed by atoms with Gasteiger partial charge in [-0.25, -0.2) is 0 Å². The molecule has 0 rings (SSSR count). The van der Waals surface area contributed by atoms with Crippen LogP contribution < -0.4 is 5.32 Å². The van der Waals surface area contributed by atoms with Crippen molar-refractivity contribution < 1.29 is 24.5 Å². The van der Waals surface area contributed by atoms with Gasteiger partial charge in [0.15, 0.2) is 0 Å². The summed E-state index contributed by atoms with van der Waals surface area (Å²) in [7, 11) is 0. The lowest BCUT2D eigenvalue weighted by molar-refractivity contribution is -0.143. The average Bonchev–Trinajstić information content (AvgIpc) is 3.37. The van der Waals surface area contributed by atoms with Crippen molar-refractivity contribution in [1.82, 2.24) is 5.32 Å². The number of allylic oxidation sites excluding steroid dienone is 2. The molecule has 0 saturated carbocycles. The van der Waals surface area contributed by atoms with Crippen molar-refractivity contribution in [2.24, 2.45) is 0 Å². The predicted molar refractivity (Wildman–Crippen MR) is 310 cm³/mol. The Morgan fingerprint density at radius 1 is 0.380 bits per heavy atom. The van der Waals surface area contributed by atoms with Crippen LogP contribution in [0.4, 0.5) is 0 Å². The van der Waals surface area contributed by atoms with E-state index in [4.69, 9.17) is 4.74 Å². The summed E-state index contributed by atoms with van der Waals surface area (Å²) in [5, 5.41) is 23.2. The van der Waals surface area contributed by atoms with Gasteiger partial charge in [-0.15, -0.1) is 0 Å². The van der Waals surface area contributed by atoms with Crippen molar-refractivity contribution in [3.05, 3.63) is 12.2 Å². The van der Waals surface area contributed by atoms with Gasteiger partial charge in [-0.2, -0.15) is 0 Å². The molecule has 71 heavy (non-hydrogen) atoms. The number of unbranched alkanes of at least 4 members (excludes halogenated alkanes) is 48. The second-order valence-corrected chi connectivity index (χ2v) is 22.5. The number of aliphatic hydroxyl groups excluding tert-OH is 2. The minimum absolute atomic E-state index is 0.0189. The van der Waals surface area contributed by atoms with E-state index in [1.165, 1.54) is 295 Å². The second-order valence-electron chi connectivity index (χ2n) is 22.5. The molecule has 3 N–H and O–H groups in total. The van der Waals surface area contributed by atoms with Gasteiger partial charge in [0, 0.05) is 12.8 Å². The minimum atomic E-state index is -0.663. The molecule has 0 aliphatic rings. The number of hydrogen-bond acceptors (Lipinski definition) is 5. The van der Waals surface area contributed by atoms with E-state index in [0.717, 1.165) is 38.5 Å². The molecular weight excluding hydrogens is 875 g/mol. The van der Waals surface area contributed by atoms with Crippen LogP contribution in [0, 0.1) is 0 Å². The third-order valence-electron chi connectivity index (χ3n) is 15.3. The molecule has 0 saturated heterocycles. The molecule has 0 aromatic rings. The zero-order valence-electron chi connectivity index (χ0n) is 48.2. The van der Waals surface area contributed by atoms with Crippen LogP contribution in [-0.2, 0) is 14.3 Å². The van der Waals surface area contributed by atoms with Crippen LogP contribution in [0.5, 0.6) is 0 Å². The standard InChI is InChI=1S/C65H127NO5/c1-3-5-7-9-11-13-15-16-17-28-32-35-39-43-47-51-55-59-65(70)71-60-56-52-48-44-40-36-33-30-27-25-23-21-19-18-20-22-24-26-29-31-34-38-42-46-50-54-58-64(69)66-62(61-67)63(68)57-53-49-45-41-37-14-12-10-8-6-4-2/h18,20,62-63,67-68H,3-17,19,21-61H2,1-2H3,(H,66,69)/b20-18-. The fourth-order valence-corrected chi connectivity index (χ4v) is 10.3. The Kier molecular flexibility index (Phi) is 59.9. The van der Waals surface area contributed by atoms with Crippen molar-refractivity contribution in [2.45, 2.75) is 379 Å². The van der Waals surface area contributed by atoms with Crippen molar-refractivity contribution in [2.75, 3.05) is 13.2 Å². The van der Waals surface area contributed by atoms with Crippen LogP contribution in [0.1, 0.15) is 367 Å². The highest BCUT2D eigenvalue weighted by Crippen LogP contribution is 2.18. The number of ether oxygens (including phenoxy) is 1. The number of esters is 1. The first-order valence-electron chi connectivity index (χ1n) is 32.4.